The van der Waals surface area contributed by atoms with E-state index in [2.05, 4.69) is 10.6 Å². The Bertz CT molecular complexity index is 451. The monoisotopic (exact) mass is 254 g/mol. The summed E-state index contributed by atoms with van der Waals surface area (Å²) in [6.07, 6.45) is 0.961. The lowest BCUT2D eigenvalue weighted by molar-refractivity contribution is -0.123. The fourth-order valence-corrected chi connectivity index (χ4v) is 2.14. The van der Waals surface area contributed by atoms with Crippen LogP contribution in [0.1, 0.15) is 18.9 Å². The van der Waals surface area contributed by atoms with Crippen molar-refractivity contribution in [3.8, 4) is 0 Å². The molecule has 0 spiro atoms. The van der Waals surface area contributed by atoms with E-state index in [-0.39, 0.29) is 30.0 Å². The first-order chi connectivity index (χ1) is 8.58. The zero-order chi connectivity index (χ0) is 13.1. The van der Waals surface area contributed by atoms with Gasteiger partial charge in [0.05, 0.1) is 6.04 Å². The molecular weight excluding hydrogens is 238 g/mol. The number of nitrogens with one attached hydrogen (secondary N) is 2. The third kappa shape index (κ3) is 2.85. The standard InChI is InChI=1S/C13H16F2N2O/c1-8-4-5-16-12(8)13(18)17-7-9-2-3-10(14)6-11(9)15/h2-3,6,8,12,16H,4-5,7H2,1H3,(H,17,18). The molecule has 1 fully saturated rings. The number of hydrogen-bond acceptors (Lipinski definition) is 2. The van der Waals surface area contributed by atoms with E-state index in [9.17, 15) is 13.6 Å². The van der Waals surface area contributed by atoms with Gasteiger partial charge in [-0.05, 0) is 24.9 Å². The van der Waals surface area contributed by atoms with Crippen LogP contribution in [0.2, 0.25) is 0 Å². The number of carbonyl (C=O) groups excluding carboxylic acids is 1. The maximum atomic E-state index is 13.3. The second-order valence-electron chi connectivity index (χ2n) is 4.65. The summed E-state index contributed by atoms with van der Waals surface area (Å²) in [5, 5.41) is 5.77. The third-order valence-electron chi connectivity index (χ3n) is 3.28. The molecule has 0 aromatic heterocycles. The van der Waals surface area contributed by atoms with Crippen molar-refractivity contribution in [1.82, 2.24) is 10.6 Å². The molecular formula is C13H16F2N2O. The van der Waals surface area contributed by atoms with Crippen molar-refractivity contribution in [2.75, 3.05) is 6.54 Å². The molecule has 0 bridgehead atoms. The van der Waals surface area contributed by atoms with Crippen LogP contribution in [-0.4, -0.2) is 18.5 Å². The highest BCUT2D eigenvalue weighted by Crippen LogP contribution is 2.15. The number of benzene rings is 1. The quantitative estimate of drug-likeness (QED) is 0.860. The van der Waals surface area contributed by atoms with E-state index in [1.165, 1.54) is 12.1 Å². The fourth-order valence-electron chi connectivity index (χ4n) is 2.14. The molecule has 1 saturated heterocycles. The number of hydrogen-bond donors (Lipinski definition) is 2. The molecule has 2 unspecified atom stereocenters. The van der Waals surface area contributed by atoms with E-state index in [0.29, 0.717) is 0 Å². The van der Waals surface area contributed by atoms with Gasteiger partial charge in [0.25, 0.3) is 0 Å². The van der Waals surface area contributed by atoms with Gasteiger partial charge in [0, 0.05) is 18.2 Å². The Kier molecular flexibility index (Phi) is 3.91. The molecule has 1 aromatic rings. The van der Waals surface area contributed by atoms with E-state index >= 15 is 0 Å². The highest BCUT2D eigenvalue weighted by atomic mass is 19.1. The SMILES string of the molecule is CC1CCNC1C(=O)NCc1ccc(F)cc1F. The van der Waals surface area contributed by atoms with E-state index in [1.807, 2.05) is 6.92 Å². The van der Waals surface area contributed by atoms with Crippen molar-refractivity contribution in [2.45, 2.75) is 25.9 Å². The molecule has 18 heavy (non-hydrogen) atoms. The van der Waals surface area contributed by atoms with Gasteiger partial charge in [-0.25, -0.2) is 8.78 Å². The largest absolute Gasteiger partial charge is 0.351 e. The van der Waals surface area contributed by atoms with Gasteiger partial charge in [-0.2, -0.15) is 0 Å². The van der Waals surface area contributed by atoms with Gasteiger partial charge in [-0.3, -0.25) is 4.79 Å². The lowest BCUT2D eigenvalue weighted by Crippen LogP contribution is -2.43. The summed E-state index contributed by atoms with van der Waals surface area (Å²) in [5.74, 6) is -1.11. The maximum Gasteiger partial charge on any atom is 0.237 e. The van der Waals surface area contributed by atoms with Crippen LogP contribution >= 0.6 is 0 Å². The summed E-state index contributed by atoms with van der Waals surface area (Å²) in [7, 11) is 0. The van der Waals surface area contributed by atoms with Crippen molar-refractivity contribution in [1.29, 1.82) is 0 Å². The number of carbonyl (C=O) groups is 1. The van der Waals surface area contributed by atoms with Crippen molar-refractivity contribution in [3.63, 3.8) is 0 Å². The van der Waals surface area contributed by atoms with Crippen LogP contribution in [0.25, 0.3) is 0 Å². The van der Waals surface area contributed by atoms with Crippen LogP contribution in [0, 0.1) is 17.6 Å². The molecule has 2 N–H and O–H groups in total. The zero-order valence-corrected chi connectivity index (χ0v) is 10.2. The minimum atomic E-state index is -0.636. The first-order valence-corrected chi connectivity index (χ1v) is 6.03. The average Bonchev–Trinajstić information content (AvgIpc) is 2.74. The Morgan fingerprint density at radius 1 is 1.50 bits per heavy atom. The molecule has 1 aromatic carbocycles. The van der Waals surface area contributed by atoms with Crippen molar-refractivity contribution >= 4 is 5.91 Å². The lowest BCUT2D eigenvalue weighted by atomic mass is 10.0. The molecule has 1 aliphatic rings. The Balaban J connectivity index is 1.93. The van der Waals surface area contributed by atoms with Crippen LogP contribution in [-0.2, 0) is 11.3 Å². The van der Waals surface area contributed by atoms with Crippen LogP contribution in [0.15, 0.2) is 18.2 Å². The van der Waals surface area contributed by atoms with Gasteiger partial charge in [0.2, 0.25) is 5.91 Å². The molecule has 5 heteroatoms. The predicted octanol–water partition coefficient (Wildman–Crippen LogP) is 1.58. The maximum absolute atomic E-state index is 13.3. The highest BCUT2D eigenvalue weighted by molar-refractivity contribution is 5.82. The van der Waals surface area contributed by atoms with Gasteiger partial charge >= 0.3 is 0 Å². The first-order valence-electron chi connectivity index (χ1n) is 6.03. The van der Waals surface area contributed by atoms with Crippen LogP contribution in [0.4, 0.5) is 8.78 Å². The Hall–Kier alpha value is -1.49. The van der Waals surface area contributed by atoms with Gasteiger partial charge in [0.1, 0.15) is 11.6 Å². The van der Waals surface area contributed by atoms with Crippen LogP contribution in [0.5, 0.6) is 0 Å². The normalized spacial score (nSPS) is 23.1. The summed E-state index contributed by atoms with van der Waals surface area (Å²) >= 11 is 0. The Morgan fingerprint density at radius 2 is 2.28 bits per heavy atom. The van der Waals surface area contributed by atoms with Gasteiger partial charge in [0.15, 0.2) is 0 Å². The Morgan fingerprint density at radius 3 is 2.89 bits per heavy atom. The number of halogens is 2. The fraction of sp³-hybridized carbons (Fsp3) is 0.462. The third-order valence-corrected chi connectivity index (χ3v) is 3.28. The molecule has 1 heterocycles. The summed E-state index contributed by atoms with van der Waals surface area (Å²) in [6, 6.07) is 3.13. The van der Waals surface area contributed by atoms with Crippen molar-refractivity contribution < 1.29 is 13.6 Å². The average molecular weight is 254 g/mol. The second kappa shape index (κ2) is 5.44. The summed E-state index contributed by atoms with van der Waals surface area (Å²) in [5.41, 5.74) is 0.287. The highest BCUT2D eigenvalue weighted by Gasteiger charge is 2.28. The smallest absolute Gasteiger partial charge is 0.237 e. The van der Waals surface area contributed by atoms with E-state index in [1.54, 1.807) is 0 Å². The molecule has 1 amide bonds. The lowest BCUT2D eigenvalue weighted by Gasteiger charge is -2.15. The van der Waals surface area contributed by atoms with Crippen LogP contribution in [0.3, 0.4) is 0 Å². The minimum Gasteiger partial charge on any atom is -0.351 e. The van der Waals surface area contributed by atoms with Gasteiger partial charge in [-0.15, -0.1) is 0 Å². The molecule has 2 rings (SSSR count). The molecule has 1 aliphatic heterocycles. The predicted molar refractivity (Wildman–Crippen MR) is 63.8 cm³/mol. The molecule has 0 radical (unpaired) electrons. The molecule has 0 saturated carbocycles. The second-order valence-corrected chi connectivity index (χ2v) is 4.65. The molecule has 0 aliphatic carbocycles. The molecule has 3 nitrogen and oxygen atoms in total. The van der Waals surface area contributed by atoms with Crippen molar-refractivity contribution in [2.24, 2.45) is 5.92 Å². The number of amides is 1. The van der Waals surface area contributed by atoms with E-state index in [4.69, 9.17) is 0 Å². The topological polar surface area (TPSA) is 41.1 Å². The Labute approximate surface area is 105 Å². The zero-order valence-electron chi connectivity index (χ0n) is 10.2. The van der Waals surface area contributed by atoms with E-state index in [0.717, 1.165) is 19.0 Å². The molecule has 2 atom stereocenters. The van der Waals surface area contributed by atoms with Crippen molar-refractivity contribution in [3.05, 3.63) is 35.4 Å². The van der Waals surface area contributed by atoms with Crippen LogP contribution < -0.4 is 10.6 Å². The summed E-state index contributed by atoms with van der Waals surface area (Å²) in [6.45, 7) is 2.91. The van der Waals surface area contributed by atoms with Gasteiger partial charge < -0.3 is 10.6 Å². The summed E-state index contributed by atoms with van der Waals surface area (Å²) < 4.78 is 26.1. The molecule has 98 valence electrons. The van der Waals surface area contributed by atoms with Gasteiger partial charge in [-0.1, -0.05) is 13.0 Å². The summed E-state index contributed by atoms with van der Waals surface area (Å²) in [4.78, 5) is 11.8. The minimum absolute atomic E-state index is 0.0792. The number of rotatable bonds is 3. The van der Waals surface area contributed by atoms with E-state index < -0.39 is 11.6 Å². The first kappa shape index (κ1) is 13.0.